The van der Waals surface area contributed by atoms with E-state index in [1.807, 2.05) is 30.3 Å². The third-order valence-corrected chi connectivity index (χ3v) is 5.64. The van der Waals surface area contributed by atoms with Gasteiger partial charge in [-0.05, 0) is 69.0 Å². The summed E-state index contributed by atoms with van der Waals surface area (Å²) >= 11 is 0. The summed E-state index contributed by atoms with van der Waals surface area (Å²) < 4.78 is 0. The second-order valence-corrected chi connectivity index (χ2v) is 7.50. The van der Waals surface area contributed by atoms with Crippen molar-refractivity contribution in [3.05, 3.63) is 54.0 Å². The van der Waals surface area contributed by atoms with Crippen molar-refractivity contribution in [2.75, 3.05) is 31.5 Å². The predicted octanol–water partition coefficient (Wildman–Crippen LogP) is 2.35. The first kappa shape index (κ1) is 17.9. The molecule has 0 aliphatic carbocycles. The van der Waals surface area contributed by atoms with Crippen molar-refractivity contribution in [2.45, 2.75) is 31.7 Å². The van der Waals surface area contributed by atoms with Gasteiger partial charge in [0.2, 0.25) is 0 Å². The molecule has 3 saturated heterocycles. The molecule has 3 aliphatic rings. The maximum absolute atomic E-state index is 12.3. The first-order valence-corrected chi connectivity index (χ1v) is 9.91. The highest BCUT2D eigenvalue weighted by Gasteiger charge is 2.34. The summed E-state index contributed by atoms with van der Waals surface area (Å²) in [4.78, 5) is 23.5. The van der Waals surface area contributed by atoms with Crippen LogP contribution < -0.4 is 10.6 Å². The largest absolute Gasteiger partial charge is 0.366 e. The maximum atomic E-state index is 12.3. The molecule has 6 heteroatoms. The van der Waals surface area contributed by atoms with Crippen LogP contribution in [0.4, 0.5) is 5.82 Å². The van der Waals surface area contributed by atoms with E-state index in [-0.39, 0.29) is 5.91 Å². The number of nitrogens with zero attached hydrogens (tertiary/aromatic N) is 3. The molecule has 3 aliphatic heterocycles. The summed E-state index contributed by atoms with van der Waals surface area (Å²) in [6.45, 7) is 4.20. The molecule has 6 nitrogen and oxygen atoms in total. The van der Waals surface area contributed by atoms with Crippen LogP contribution in [0.5, 0.6) is 0 Å². The molecule has 0 aromatic carbocycles. The van der Waals surface area contributed by atoms with Gasteiger partial charge >= 0.3 is 0 Å². The summed E-state index contributed by atoms with van der Waals surface area (Å²) in [6.07, 6.45) is 7.74. The van der Waals surface area contributed by atoms with Crippen molar-refractivity contribution in [1.29, 1.82) is 0 Å². The molecule has 0 radical (unpaired) electrons. The zero-order chi connectivity index (χ0) is 18.5. The Labute approximate surface area is 160 Å². The van der Waals surface area contributed by atoms with Crippen LogP contribution in [0.1, 0.15) is 35.3 Å². The van der Waals surface area contributed by atoms with Gasteiger partial charge in [0.1, 0.15) is 5.82 Å². The van der Waals surface area contributed by atoms with E-state index < -0.39 is 0 Å². The molecule has 1 atom stereocenters. The summed E-state index contributed by atoms with van der Waals surface area (Å²) in [7, 11) is 0. The molecule has 0 saturated carbocycles. The number of hydrogen-bond donors (Lipinski definition) is 2. The Hall–Kier alpha value is -2.47. The monoisotopic (exact) mass is 365 g/mol. The SMILES string of the molecule is O=C(NCCCc1ccccn1)c1ccc(N[C@@H]2CN3CCC2CC3)nc1. The van der Waals surface area contributed by atoms with E-state index >= 15 is 0 Å². The van der Waals surface area contributed by atoms with E-state index in [0.29, 0.717) is 18.2 Å². The van der Waals surface area contributed by atoms with Gasteiger partial charge in [-0.2, -0.15) is 0 Å². The van der Waals surface area contributed by atoms with Crippen LogP contribution in [-0.2, 0) is 6.42 Å². The first-order valence-electron chi connectivity index (χ1n) is 9.91. The second-order valence-electron chi connectivity index (χ2n) is 7.50. The Morgan fingerprint density at radius 1 is 1.15 bits per heavy atom. The standard InChI is InChI=1S/C21H27N5O/c27-21(23-11-3-5-18-4-1-2-10-22-18)17-6-7-20(24-14-17)25-19-15-26-12-8-16(19)9-13-26/h1-2,4,6-7,10,14,16,19H,3,5,8-9,11-13,15H2,(H,23,27)(H,24,25)/t19-/m1/s1. The minimum Gasteiger partial charge on any atom is -0.366 e. The van der Waals surface area contributed by atoms with Gasteiger partial charge in [-0.15, -0.1) is 0 Å². The Balaban J connectivity index is 1.23. The lowest BCUT2D eigenvalue weighted by Crippen LogP contribution is -2.53. The molecule has 5 heterocycles. The van der Waals surface area contributed by atoms with E-state index in [1.165, 1.54) is 25.9 Å². The van der Waals surface area contributed by atoms with Gasteiger partial charge in [0, 0.05) is 37.2 Å². The highest BCUT2D eigenvalue weighted by Crippen LogP contribution is 2.29. The summed E-state index contributed by atoms with van der Waals surface area (Å²) in [5, 5.41) is 6.52. The lowest BCUT2D eigenvalue weighted by Gasteiger charge is -2.45. The van der Waals surface area contributed by atoms with Gasteiger partial charge in [0.05, 0.1) is 5.56 Å². The van der Waals surface area contributed by atoms with Crippen molar-refractivity contribution in [2.24, 2.45) is 5.92 Å². The minimum atomic E-state index is -0.0714. The van der Waals surface area contributed by atoms with E-state index in [1.54, 1.807) is 12.4 Å². The Morgan fingerprint density at radius 3 is 2.70 bits per heavy atom. The maximum Gasteiger partial charge on any atom is 0.252 e. The number of rotatable bonds is 7. The van der Waals surface area contributed by atoms with E-state index in [9.17, 15) is 4.79 Å². The molecule has 0 spiro atoms. The lowest BCUT2D eigenvalue weighted by atomic mass is 9.84. The number of aromatic nitrogens is 2. The molecule has 1 amide bonds. The van der Waals surface area contributed by atoms with Crippen LogP contribution in [-0.4, -0.2) is 53.0 Å². The number of fused-ring (bicyclic) bond motifs is 3. The van der Waals surface area contributed by atoms with Crippen molar-refractivity contribution in [3.63, 3.8) is 0 Å². The van der Waals surface area contributed by atoms with Crippen LogP contribution in [0.2, 0.25) is 0 Å². The van der Waals surface area contributed by atoms with Crippen LogP contribution in [0.25, 0.3) is 0 Å². The number of carbonyl (C=O) groups is 1. The second kappa shape index (κ2) is 8.48. The van der Waals surface area contributed by atoms with Crippen LogP contribution >= 0.6 is 0 Å². The number of aryl methyl sites for hydroxylation is 1. The average molecular weight is 365 g/mol. The van der Waals surface area contributed by atoms with Gasteiger partial charge in [-0.3, -0.25) is 9.78 Å². The molecule has 142 valence electrons. The average Bonchev–Trinajstić information content (AvgIpc) is 2.73. The van der Waals surface area contributed by atoms with E-state index in [2.05, 4.69) is 25.5 Å². The number of nitrogens with one attached hydrogen (secondary N) is 2. The quantitative estimate of drug-likeness (QED) is 0.737. The highest BCUT2D eigenvalue weighted by atomic mass is 16.1. The number of hydrogen-bond acceptors (Lipinski definition) is 5. The molecular formula is C21H27N5O. The molecule has 27 heavy (non-hydrogen) atoms. The first-order chi connectivity index (χ1) is 13.3. The minimum absolute atomic E-state index is 0.0714. The topological polar surface area (TPSA) is 70.2 Å². The summed E-state index contributed by atoms with van der Waals surface area (Å²) in [5.74, 6) is 1.54. The fourth-order valence-corrected chi connectivity index (χ4v) is 4.05. The number of pyridine rings is 2. The fourth-order valence-electron chi connectivity index (χ4n) is 4.05. The predicted molar refractivity (Wildman–Crippen MR) is 106 cm³/mol. The summed E-state index contributed by atoms with van der Waals surface area (Å²) in [6, 6.07) is 10.1. The number of anilines is 1. The van der Waals surface area contributed by atoms with Crippen molar-refractivity contribution < 1.29 is 4.79 Å². The Morgan fingerprint density at radius 2 is 2.04 bits per heavy atom. The third-order valence-electron chi connectivity index (χ3n) is 5.64. The van der Waals surface area contributed by atoms with Gasteiger partial charge < -0.3 is 15.5 Å². The number of piperidine rings is 3. The zero-order valence-corrected chi connectivity index (χ0v) is 15.6. The van der Waals surface area contributed by atoms with Crippen molar-refractivity contribution in [3.8, 4) is 0 Å². The molecular weight excluding hydrogens is 338 g/mol. The van der Waals surface area contributed by atoms with Crippen LogP contribution in [0.15, 0.2) is 42.7 Å². The van der Waals surface area contributed by atoms with E-state index in [4.69, 9.17) is 0 Å². The molecule has 2 N–H and O–H groups in total. The van der Waals surface area contributed by atoms with E-state index in [0.717, 1.165) is 36.8 Å². The third kappa shape index (κ3) is 4.63. The zero-order valence-electron chi connectivity index (χ0n) is 15.6. The van der Waals surface area contributed by atoms with Crippen LogP contribution in [0, 0.1) is 5.92 Å². The van der Waals surface area contributed by atoms with Gasteiger partial charge in [0.25, 0.3) is 5.91 Å². The molecule has 0 unspecified atom stereocenters. The van der Waals surface area contributed by atoms with Crippen molar-refractivity contribution >= 4 is 11.7 Å². The molecule has 2 aromatic heterocycles. The fraction of sp³-hybridized carbons (Fsp3) is 0.476. The molecule has 2 aromatic rings. The summed E-state index contributed by atoms with van der Waals surface area (Å²) in [5.41, 5.74) is 1.66. The van der Waals surface area contributed by atoms with Crippen LogP contribution in [0.3, 0.4) is 0 Å². The smallest absolute Gasteiger partial charge is 0.252 e. The van der Waals surface area contributed by atoms with Gasteiger partial charge in [-0.1, -0.05) is 6.07 Å². The number of amides is 1. The van der Waals surface area contributed by atoms with Gasteiger partial charge in [0.15, 0.2) is 0 Å². The molecule has 2 bridgehead atoms. The molecule has 5 rings (SSSR count). The Bertz CT molecular complexity index is 741. The lowest BCUT2D eigenvalue weighted by molar-refractivity contribution is 0.0952. The van der Waals surface area contributed by atoms with Crippen molar-refractivity contribution in [1.82, 2.24) is 20.2 Å². The Kier molecular flexibility index (Phi) is 5.63. The number of carbonyl (C=O) groups excluding carboxylic acids is 1. The normalized spacial score (nSPS) is 23.8. The molecule has 3 fully saturated rings. The highest BCUT2D eigenvalue weighted by molar-refractivity contribution is 5.94. The van der Waals surface area contributed by atoms with Gasteiger partial charge in [-0.25, -0.2) is 4.98 Å².